The van der Waals surface area contributed by atoms with Crippen molar-refractivity contribution < 1.29 is 9.18 Å². The fourth-order valence-electron chi connectivity index (χ4n) is 2.38. The molecule has 1 amide bonds. The van der Waals surface area contributed by atoms with E-state index in [1.807, 2.05) is 0 Å². The van der Waals surface area contributed by atoms with E-state index in [-0.39, 0.29) is 10.6 Å². The van der Waals surface area contributed by atoms with Crippen LogP contribution in [-0.4, -0.2) is 27.5 Å². The summed E-state index contributed by atoms with van der Waals surface area (Å²) < 4.78 is 13.8. The quantitative estimate of drug-likeness (QED) is 0.844. The predicted molar refractivity (Wildman–Crippen MR) is 72.9 cm³/mol. The molecule has 0 saturated carbocycles. The first kappa shape index (κ1) is 12.9. The molecule has 1 aromatic heterocycles. The molecule has 1 aliphatic heterocycles. The molecule has 1 aliphatic rings. The van der Waals surface area contributed by atoms with Crippen molar-refractivity contribution in [2.24, 2.45) is 0 Å². The Kier molecular flexibility index (Phi) is 3.10. The zero-order chi connectivity index (χ0) is 14.3. The normalized spacial score (nSPS) is 14.2. The molecule has 1 aromatic carbocycles. The molecule has 0 unspecified atom stereocenters. The monoisotopic (exact) mass is 294 g/mol. The Morgan fingerprint density at radius 2 is 2.30 bits per heavy atom. The van der Waals surface area contributed by atoms with Gasteiger partial charge in [-0.2, -0.15) is 5.10 Å². The molecule has 104 valence electrons. The first-order valence-electron chi connectivity index (χ1n) is 6.13. The van der Waals surface area contributed by atoms with Gasteiger partial charge >= 0.3 is 0 Å². The van der Waals surface area contributed by atoms with Crippen LogP contribution in [0, 0.1) is 5.82 Å². The number of benzene rings is 1. The largest absolute Gasteiger partial charge is 0.382 e. The molecular formula is C13H12ClFN4O. The Morgan fingerprint density at radius 1 is 1.50 bits per heavy atom. The summed E-state index contributed by atoms with van der Waals surface area (Å²) in [7, 11) is 0. The molecule has 0 bridgehead atoms. The number of anilines is 1. The first-order valence-corrected chi connectivity index (χ1v) is 6.50. The molecule has 0 aliphatic carbocycles. The number of hydrogen-bond acceptors (Lipinski definition) is 3. The van der Waals surface area contributed by atoms with Crippen molar-refractivity contribution in [1.82, 2.24) is 15.1 Å². The minimum Gasteiger partial charge on any atom is -0.382 e. The second kappa shape index (κ2) is 4.79. The van der Waals surface area contributed by atoms with Gasteiger partial charge < -0.3 is 10.6 Å². The van der Waals surface area contributed by atoms with Gasteiger partial charge in [-0.25, -0.2) is 4.39 Å². The molecule has 7 heteroatoms. The zero-order valence-corrected chi connectivity index (χ0v) is 11.2. The van der Waals surface area contributed by atoms with Crippen molar-refractivity contribution in [3.63, 3.8) is 0 Å². The minimum absolute atomic E-state index is 0.0925. The Morgan fingerprint density at radius 3 is 3.05 bits per heavy atom. The fourth-order valence-corrected chi connectivity index (χ4v) is 2.62. The van der Waals surface area contributed by atoms with Crippen LogP contribution in [0.25, 0.3) is 0 Å². The minimum atomic E-state index is -0.613. The molecule has 0 fully saturated rings. The van der Waals surface area contributed by atoms with E-state index in [0.29, 0.717) is 25.3 Å². The summed E-state index contributed by atoms with van der Waals surface area (Å²) in [6.45, 7) is 0.781. The average Bonchev–Trinajstić information content (AvgIpc) is 2.79. The second-order valence-electron chi connectivity index (χ2n) is 4.64. The van der Waals surface area contributed by atoms with Gasteiger partial charge in [-0.05, 0) is 18.6 Å². The number of rotatable bonds is 1. The number of aromatic amines is 1. The van der Waals surface area contributed by atoms with Crippen LogP contribution in [-0.2, 0) is 13.0 Å². The van der Waals surface area contributed by atoms with Crippen LogP contribution in [0.1, 0.15) is 21.6 Å². The molecule has 2 heterocycles. The number of H-pyrrole nitrogens is 1. The summed E-state index contributed by atoms with van der Waals surface area (Å²) >= 11 is 5.92. The topological polar surface area (TPSA) is 75.0 Å². The number of fused-ring (bicyclic) bond motifs is 1. The van der Waals surface area contributed by atoms with Crippen LogP contribution >= 0.6 is 11.6 Å². The van der Waals surface area contributed by atoms with E-state index in [0.717, 1.165) is 11.3 Å². The van der Waals surface area contributed by atoms with Crippen molar-refractivity contribution in [1.29, 1.82) is 0 Å². The molecular weight excluding hydrogens is 283 g/mol. The Labute approximate surface area is 119 Å². The van der Waals surface area contributed by atoms with Gasteiger partial charge in [0.2, 0.25) is 0 Å². The smallest absolute Gasteiger partial charge is 0.258 e. The summed E-state index contributed by atoms with van der Waals surface area (Å²) in [6, 6.07) is 4.20. The molecule has 20 heavy (non-hydrogen) atoms. The van der Waals surface area contributed by atoms with Gasteiger partial charge in [0.25, 0.3) is 5.91 Å². The van der Waals surface area contributed by atoms with E-state index >= 15 is 0 Å². The van der Waals surface area contributed by atoms with Gasteiger partial charge in [0.05, 0.1) is 22.8 Å². The third-order valence-electron chi connectivity index (χ3n) is 3.43. The van der Waals surface area contributed by atoms with Gasteiger partial charge in [-0.3, -0.25) is 9.89 Å². The number of carbonyl (C=O) groups is 1. The van der Waals surface area contributed by atoms with Gasteiger partial charge in [-0.1, -0.05) is 17.7 Å². The molecule has 3 N–H and O–H groups in total. The maximum Gasteiger partial charge on any atom is 0.258 e. The van der Waals surface area contributed by atoms with Crippen LogP contribution < -0.4 is 5.73 Å². The highest BCUT2D eigenvalue weighted by atomic mass is 35.5. The molecule has 0 radical (unpaired) electrons. The zero-order valence-electron chi connectivity index (χ0n) is 10.5. The van der Waals surface area contributed by atoms with Gasteiger partial charge in [-0.15, -0.1) is 0 Å². The maximum atomic E-state index is 13.8. The highest BCUT2D eigenvalue weighted by Crippen LogP contribution is 2.26. The van der Waals surface area contributed by atoms with Gasteiger partial charge in [0, 0.05) is 12.1 Å². The summed E-state index contributed by atoms with van der Waals surface area (Å²) in [6.07, 6.45) is 0.593. The van der Waals surface area contributed by atoms with Gasteiger partial charge in [0.15, 0.2) is 0 Å². The second-order valence-corrected chi connectivity index (χ2v) is 5.05. The summed E-state index contributed by atoms with van der Waals surface area (Å²) in [5.74, 6) is -0.583. The number of nitrogen functional groups attached to an aromatic ring is 1. The van der Waals surface area contributed by atoms with E-state index < -0.39 is 11.7 Å². The summed E-state index contributed by atoms with van der Waals surface area (Å²) in [5, 5.41) is 6.83. The Bertz CT molecular complexity index is 665. The number of nitrogens with two attached hydrogens (primary N) is 1. The molecule has 0 saturated heterocycles. The lowest BCUT2D eigenvalue weighted by molar-refractivity contribution is 0.0728. The summed E-state index contributed by atoms with van der Waals surface area (Å²) in [5.41, 5.74) is 7.33. The third kappa shape index (κ3) is 2.02. The predicted octanol–water partition coefficient (Wildman–Crippen LogP) is 1.98. The molecule has 0 atom stereocenters. The fraction of sp³-hybridized carbons (Fsp3) is 0.231. The number of nitrogens with zero attached hydrogens (tertiary/aromatic N) is 2. The van der Waals surface area contributed by atoms with E-state index in [1.54, 1.807) is 0 Å². The third-order valence-corrected chi connectivity index (χ3v) is 3.74. The van der Waals surface area contributed by atoms with E-state index in [9.17, 15) is 9.18 Å². The highest BCUT2D eigenvalue weighted by Gasteiger charge is 2.27. The lowest BCUT2D eigenvalue weighted by Crippen LogP contribution is -2.36. The lowest BCUT2D eigenvalue weighted by atomic mass is 10.1. The number of hydrogen-bond donors (Lipinski definition) is 2. The van der Waals surface area contributed by atoms with Crippen LogP contribution in [0.15, 0.2) is 18.2 Å². The Balaban J connectivity index is 1.90. The molecule has 2 aromatic rings. The molecule has 0 spiro atoms. The number of halogens is 2. The van der Waals surface area contributed by atoms with Crippen molar-refractivity contribution in [3.05, 3.63) is 45.9 Å². The van der Waals surface area contributed by atoms with Crippen molar-refractivity contribution in [2.75, 3.05) is 12.3 Å². The van der Waals surface area contributed by atoms with Crippen molar-refractivity contribution in [3.8, 4) is 0 Å². The highest BCUT2D eigenvalue weighted by molar-refractivity contribution is 6.33. The summed E-state index contributed by atoms with van der Waals surface area (Å²) in [4.78, 5) is 13.9. The number of aromatic nitrogens is 2. The molecule has 3 rings (SSSR count). The lowest BCUT2D eigenvalue weighted by Gasteiger charge is -2.27. The van der Waals surface area contributed by atoms with Crippen LogP contribution in [0.4, 0.5) is 10.2 Å². The van der Waals surface area contributed by atoms with E-state index in [4.69, 9.17) is 17.3 Å². The van der Waals surface area contributed by atoms with E-state index in [1.165, 1.54) is 23.1 Å². The van der Waals surface area contributed by atoms with Crippen molar-refractivity contribution in [2.45, 2.75) is 13.0 Å². The van der Waals surface area contributed by atoms with Crippen LogP contribution in [0.3, 0.4) is 0 Å². The number of nitrogens with one attached hydrogen (secondary N) is 1. The van der Waals surface area contributed by atoms with Crippen molar-refractivity contribution >= 4 is 23.3 Å². The number of amides is 1. The maximum absolute atomic E-state index is 13.8. The average molecular weight is 295 g/mol. The first-order chi connectivity index (χ1) is 9.58. The SMILES string of the molecule is Nc1n[nH]c2c1CCN(C(=O)c1c(F)cccc1Cl)C2. The van der Waals surface area contributed by atoms with Gasteiger partial charge in [0.1, 0.15) is 11.6 Å². The van der Waals surface area contributed by atoms with E-state index in [2.05, 4.69) is 10.2 Å². The number of carbonyl (C=O) groups excluding carboxylic acids is 1. The molecule has 5 nitrogen and oxygen atoms in total. The Hall–Kier alpha value is -2.08. The van der Waals surface area contributed by atoms with Crippen LogP contribution in [0.2, 0.25) is 5.02 Å². The van der Waals surface area contributed by atoms with Crippen LogP contribution in [0.5, 0.6) is 0 Å². The standard InChI is InChI=1S/C13H12ClFN4O/c14-8-2-1-3-9(15)11(8)13(20)19-5-4-7-10(6-19)17-18-12(7)16/h1-3H,4-6H2,(H3,16,17,18).